The molecule has 0 saturated heterocycles. The van der Waals surface area contributed by atoms with E-state index in [0.29, 0.717) is 6.42 Å². The molecule has 1 N–H and O–H groups in total. The minimum absolute atomic E-state index is 0.133. The minimum Gasteiger partial charge on any atom is -0.356 e. The quantitative estimate of drug-likeness (QED) is 0.750. The second-order valence-corrected chi connectivity index (χ2v) is 5.33. The molecule has 0 aliphatic rings. The molecular formula is C12H21N3OS. The first-order valence-electron chi connectivity index (χ1n) is 5.90. The monoisotopic (exact) mass is 255 g/mol. The Morgan fingerprint density at radius 2 is 2.29 bits per heavy atom. The van der Waals surface area contributed by atoms with E-state index in [1.165, 1.54) is 0 Å². The third kappa shape index (κ3) is 6.38. The second kappa shape index (κ2) is 7.40. The standard InChI is InChI=1S/C12H21N3OS/c1-10-9-17-12(14-10)5-4-7-13-11(16)6-8-15(2)3/h9H,4-8H2,1-3H3,(H,13,16). The fraction of sp³-hybridized carbons (Fsp3) is 0.667. The average molecular weight is 255 g/mol. The molecule has 1 amide bonds. The largest absolute Gasteiger partial charge is 0.356 e. The van der Waals surface area contributed by atoms with E-state index in [2.05, 4.69) is 15.7 Å². The van der Waals surface area contributed by atoms with Crippen LogP contribution in [0.4, 0.5) is 0 Å². The zero-order valence-electron chi connectivity index (χ0n) is 10.8. The van der Waals surface area contributed by atoms with Crippen molar-refractivity contribution in [3.05, 3.63) is 16.1 Å². The summed E-state index contributed by atoms with van der Waals surface area (Å²) in [6.45, 7) is 3.55. The lowest BCUT2D eigenvalue weighted by Crippen LogP contribution is -2.28. The van der Waals surface area contributed by atoms with Gasteiger partial charge in [-0.15, -0.1) is 11.3 Å². The van der Waals surface area contributed by atoms with Crippen LogP contribution >= 0.6 is 11.3 Å². The zero-order chi connectivity index (χ0) is 12.7. The highest BCUT2D eigenvalue weighted by Gasteiger charge is 2.02. The Balaban J connectivity index is 2.06. The normalized spacial score (nSPS) is 10.8. The van der Waals surface area contributed by atoms with Crippen LogP contribution in [-0.4, -0.2) is 43.0 Å². The molecule has 1 rings (SSSR count). The van der Waals surface area contributed by atoms with Crippen LogP contribution in [0.25, 0.3) is 0 Å². The molecule has 0 spiro atoms. The maximum Gasteiger partial charge on any atom is 0.221 e. The molecule has 0 atom stereocenters. The number of carbonyl (C=O) groups is 1. The smallest absolute Gasteiger partial charge is 0.221 e. The van der Waals surface area contributed by atoms with Gasteiger partial charge in [-0.05, 0) is 27.4 Å². The Morgan fingerprint density at radius 1 is 1.53 bits per heavy atom. The van der Waals surface area contributed by atoms with Gasteiger partial charge in [0.2, 0.25) is 5.91 Å². The predicted octanol–water partition coefficient (Wildman–Crippen LogP) is 1.45. The molecule has 0 aliphatic carbocycles. The molecule has 0 unspecified atom stereocenters. The predicted molar refractivity (Wildman–Crippen MR) is 71.4 cm³/mol. The van der Waals surface area contributed by atoms with E-state index in [9.17, 15) is 4.79 Å². The number of aryl methyl sites for hydroxylation is 2. The lowest BCUT2D eigenvalue weighted by molar-refractivity contribution is -0.121. The number of rotatable bonds is 7. The summed E-state index contributed by atoms with van der Waals surface area (Å²) in [7, 11) is 3.94. The fourth-order valence-corrected chi connectivity index (χ4v) is 2.22. The first-order chi connectivity index (χ1) is 8.08. The van der Waals surface area contributed by atoms with Crippen LogP contribution in [0.3, 0.4) is 0 Å². The van der Waals surface area contributed by atoms with Crippen LogP contribution in [0, 0.1) is 6.92 Å². The average Bonchev–Trinajstić information content (AvgIpc) is 2.68. The van der Waals surface area contributed by atoms with Crippen molar-refractivity contribution < 1.29 is 4.79 Å². The van der Waals surface area contributed by atoms with E-state index >= 15 is 0 Å². The third-order valence-electron chi connectivity index (χ3n) is 2.34. The van der Waals surface area contributed by atoms with Crippen molar-refractivity contribution in [2.24, 2.45) is 0 Å². The van der Waals surface area contributed by atoms with Gasteiger partial charge in [0.25, 0.3) is 0 Å². The maximum atomic E-state index is 11.4. The summed E-state index contributed by atoms with van der Waals surface area (Å²) in [5.41, 5.74) is 1.08. The number of hydrogen-bond donors (Lipinski definition) is 1. The summed E-state index contributed by atoms with van der Waals surface area (Å²) < 4.78 is 0. The fourth-order valence-electron chi connectivity index (χ4n) is 1.40. The van der Waals surface area contributed by atoms with Gasteiger partial charge in [-0.2, -0.15) is 0 Å². The number of nitrogens with zero attached hydrogens (tertiary/aromatic N) is 2. The van der Waals surface area contributed by atoms with Gasteiger partial charge in [-0.1, -0.05) is 0 Å². The molecule has 0 aliphatic heterocycles. The second-order valence-electron chi connectivity index (χ2n) is 4.39. The van der Waals surface area contributed by atoms with Gasteiger partial charge in [0.15, 0.2) is 0 Å². The highest BCUT2D eigenvalue weighted by Crippen LogP contribution is 2.10. The van der Waals surface area contributed by atoms with E-state index in [1.54, 1.807) is 11.3 Å². The summed E-state index contributed by atoms with van der Waals surface area (Å²) in [5, 5.41) is 6.14. The summed E-state index contributed by atoms with van der Waals surface area (Å²) in [4.78, 5) is 17.8. The Labute approximate surface area is 107 Å². The van der Waals surface area contributed by atoms with E-state index in [0.717, 1.165) is 36.6 Å². The van der Waals surface area contributed by atoms with E-state index < -0.39 is 0 Å². The molecule has 17 heavy (non-hydrogen) atoms. The maximum absolute atomic E-state index is 11.4. The Bertz CT molecular complexity index is 349. The molecule has 0 bridgehead atoms. The molecule has 5 heteroatoms. The van der Waals surface area contributed by atoms with Gasteiger partial charge in [0.1, 0.15) is 0 Å². The number of hydrogen-bond acceptors (Lipinski definition) is 4. The lowest BCUT2D eigenvalue weighted by atomic mass is 10.3. The van der Waals surface area contributed by atoms with Crippen molar-refractivity contribution in [2.75, 3.05) is 27.2 Å². The number of thiazole rings is 1. The molecule has 0 fully saturated rings. The number of carbonyl (C=O) groups excluding carboxylic acids is 1. The van der Waals surface area contributed by atoms with Crippen molar-refractivity contribution in [3.8, 4) is 0 Å². The van der Waals surface area contributed by atoms with Gasteiger partial charge in [-0.25, -0.2) is 4.98 Å². The van der Waals surface area contributed by atoms with E-state index in [-0.39, 0.29) is 5.91 Å². The summed E-state index contributed by atoms with van der Waals surface area (Å²) in [5.74, 6) is 0.133. The van der Waals surface area contributed by atoms with Crippen LogP contribution in [0.15, 0.2) is 5.38 Å². The van der Waals surface area contributed by atoms with Gasteiger partial charge >= 0.3 is 0 Å². The Morgan fingerprint density at radius 3 is 2.88 bits per heavy atom. The summed E-state index contributed by atoms with van der Waals surface area (Å²) in [6, 6.07) is 0. The minimum atomic E-state index is 0.133. The van der Waals surface area contributed by atoms with Crippen LogP contribution in [-0.2, 0) is 11.2 Å². The van der Waals surface area contributed by atoms with Crippen LogP contribution < -0.4 is 5.32 Å². The van der Waals surface area contributed by atoms with Crippen LogP contribution in [0.2, 0.25) is 0 Å². The van der Waals surface area contributed by atoms with E-state index in [4.69, 9.17) is 0 Å². The Kier molecular flexibility index (Phi) is 6.15. The number of amides is 1. The molecule has 0 saturated carbocycles. The van der Waals surface area contributed by atoms with Crippen molar-refractivity contribution in [1.29, 1.82) is 0 Å². The molecule has 1 heterocycles. The van der Waals surface area contributed by atoms with E-state index in [1.807, 2.05) is 25.9 Å². The molecular weight excluding hydrogens is 234 g/mol. The van der Waals surface area contributed by atoms with Crippen molar-refractivity contribution in [1.82, 2.24) is 15.2 Å². The van der Waals surface area contributed by atoms with Gasteiger partial charge in [0, 0.05) is 37.0 Å². The van der Waals surface area contributed by atoms with Crippen LogP contribution in [0.1, 0.15) is 23.5 Å². The zero-order valence-corrected chi connectivity index (χ0v) is 11.6. The molecule has 0 radical (unpaired) electrons. The highest BCUT2D eigenvalue weighted by atomic mass is 32.1. The SMILES string of the molecule is Cc1csc(CCCNC(=O)CCN(C)C)n1. The Hall–Kier alpha value is -0.940. The van der Waals surface area contributed by atoms with Gasteiger partial charge in [0.05, 0.1) is 5.01 Å². The summed E-state index contributed by atoms with van der Waals surface area (Å²) in [6.07, 6.45) is 2.48. The van der Waals surface area contributed by atoms with Crippen molar-refractivity contribution in [2.45, 2.75) is 26.2 Å². The first kappa shape index (κ1) is 14.1. The highest BCUT2D eigenvalue weighted by molar-refractivity contribution is 7.09. The lowest BCUT2D eigenvalue weighted by Gasteiger charge is -2.09. The molecule has 96 valence electrons. The molecule has 4 nitrogen and oxygen atoms in total. The number of nitrogens with one attached hydrogen (secondary N) is 1. The van der Waals surface area contributed by atoms with Gasteiger partial charge < -0.3 is 10.2 Å². The van der Waals surface area contributed by atoms with Crippen molar-refractivity contribution in [3.63, 3.8) is 0 Å². The molecule has 1 aromatic rings. The van der Waals surface area contributed by atoms with Crippen molar-refractivity contribution >= 4 is 17.2 Å². The molecule has 0 aromatic carbocycles. The van der Waals surface area contributed by atoms with Crippen LogP contribution in [0.5, 0.6) is 0 Å². The first-order valence-corrected chi connectivity index (χ1v) is 6.78. The third-order valence-corrected chi connectivity index (χ3v) is 3.37. The topological polar surface area (TPSA) is 45.2 Å². The number of aromatic nitrogens is 1. The summed E-state index contributed by atoms with van der Waals surface area (Å²) >= 11 is 1.69. The molecule has 1 aromatic heterocycles. The van der Waals surface area contributed by atoms with Gasteiger partial charge in [-0.3, -0.25) is 4.79 Å².